The second kappa shape index (κ2) is 6.41. The van der Waals surface area contributed by atoms with Crippen molar-refractivity contribution in [2.45, 2.75) is 12.5 Å². The van der Waals surface area contributed by atoms with Gasteiger partial charge in [-0.3, -0.25) is 0 Å². The van der Waals surface area contributed by atoms with Gasteiger partial charge in [0, 0.05) is 11.6 Å². The van der Waals surface area contributed by atoms with E-state index in [2.05, 4.69) is 21.2 Å². The molecule has 0 spiro atoms. The van der Waals surface area contributed by atoms with Crippen LogP contribution < -0.4 is 5.32 Å². The molecule has 1 N–H and O–H groups in total. The summed E-state index contributed by atoms with van der Waals surface area (Å²) in [5.41, 5.74) is 0.620. The first-order valence-electron chi connectivity index (χ1n) is 6.08. The molecule has 1 nitrogen and oxygen atoms in total. The van der Waals surface area contributed by atoms with Crippen molar-refractivity contribution in [1.29, 1.82) is 0 Å². The fourth-order valence-electron chi connectivity index (χ4n) is 2.08. The van der Waals surface area contributed by atoms with Gasteiger partial charge in [0.15, 0.2) is 11.6 Å². The summed E-state index contributed by atoms with van der Waals surface area (Å²) in [5, 5.41) is 2.93. The van der Waals surface area contributed by atoms with Crippen molar-refractivity contribution in [3.63, 3.8) is 0 Å². The van der Waals surface area contributed by atoms with Crippen LogP contribution in [0.2, 0.25) is 0 Å². The summed E-state index contributed by atoms with van der Waals surface area (Å²) in [6.07, 6.45) is 0.160. The summed E-state index contributed by atoms with van der Waals surface area (Å²) in [5.74, 6) is -2.18. The second-order valence-electron chi connectivity index (χ2n) is 4.40. The lowest BCUT2D eigenvalue weighted by molar-refractivity contribution is 0.480. The maximum atomic E-state index is 14.1. The molecule has 0 aliphatic heterocycles. The van der Waals surface area contributed by atoms with E-state index < -0.39 is 23.5 Å². The van der Waals surface area contributed by atoms with Crippen molar-refractivity contribution >= 4 is 15.9 Å². The highest BCUT2D eigenvalue weighted by atomic mass is 79.9. The average Bonchev–Trinajstić information content (AvgIpc) is 2.44. The van der Waals surface area contributed by atoms with Crippen LogP contribution in [0.5, 0.6) is 0 Å². The van der Waals surface area contributed by atoms with Crippen molar-refractivity contribution in [3.05, 3.63) is 69.4 Å². The van der Waals surface area contributed by atoms with Crippen LogP contribution in [-0.4, -0.2) is 7.05 Å². The molecule has 0 radical (unpaired) electrons. The van der Waals surface area contributed by atoms with E-state index in [1.807, 2.05) is 0 Å². The van der Waals surface area contributed by atoms with E-state index in [-0.39, 0.29) is 12.0 Å². The summed E-state index contributed by atoms with van der Waals surface area (Å²) >= 11 is 3.12. The third-order valence-electron chi connectivity index (χ3n) is 3.16. The quantitative estimate of drug-likeness (QED) is 0.869. The maximum Gasteiger partial charge on any atom is 0.162 e. The first-order valence-corrected chi connectivity index (χ1v) is 6.88. The van der Waals surface area contributed by atoms with Gasteiger partial charge in [-0.25, -0.2) is 13.2 Å². The van der Waals surface area contributed by atoms with Gasteiger partial charge in [-0.1, -0.05) is 24.3 Å². The highest BCUT2D eigenvalue weighted by Crippen LogP contribution is 2.27. The molecule has 0 aliphatic rings. The van der Waals surface area contributed by atoms with E-state index >= 15 is 0 Å². The Balaban J connectivity index is 2.34. The lowest BCUT2D eigenvalue weighted by atomic mass is 9.98. The number of likely N-dealkylation sites (N-methyl/N-ethyl adjacent to an activating group) is 1. The molecule has 0 saturated carbocycles. The first-order chi connectivity index (χ1) is 9.54. The zero-order valence-electron chi connectivity index (χ0n) is 10.8. The molecular formula is C15H13BrF3N. The smallest absolute Gasteiger partial charge is 0.162 e. The summed E-state index contributed by atoms with van der Waals surface area (Å²) in [7, 11) is 1.65. The average molecular weight is 344 g/mol. The van der Waals surface area contributed by atoms with Gasteiger partial charge in [-0.05, 0) is 47.1 Å². The Morgan fingerprint density at radius 3 is 2.45 bits per heavy atom. The molecule has 0 heterocycles. The molecule has 2 aromatic carbocycles. The van der Waals surface area contributed by atoms with Gasteiger partial charge in [-0.2, -0.15) is 0 Å². The molecule has 5 heteroatoms. The molecule has 20 heavy (non-hydrogen) atoms. The van der Waals surface area contributed by atoms with Crippen LogP contribution in [-0.2, 0) is 6.42 Å². The van der Waals surface area contributed by atoms with E-state index in [1.54, 1.807) is 25.2 Å². The molecular weight excluding hydrogens is 331 g/mol. The summed E-state index contributed by atoms with van der Waals surface area (Å²) in [4.78, 5) is 0. The Hall–Kier alpha value is -1.33. The Morgan fingerprint density at radius 1 is 1.05 bits per heavy atom. The fourth-order valence-corrected chi connectivity index (χ4v) is 2.46. The van der Waals surface area contributed by atoms with Gasteiger partial charge < -0.3 is 5.32 Å². The normalized spacial score (nSPS) is 12.4. The van der Waals surface area contributed by atoms with Crippen LogP contribution >= 0.6 is 15.9 Å². The molecule has 0 aliphatic carbocycles. The van der Waals surface area contributed by atoms with Crippen LogP contribution in [0.1, 0.15) is 17.2 Å². The second-order valence-corrected chi connectivity index (χ2v) is 5.26. The monoisotopic (exact) mass is 343 g/mol. The highest BCUT2D eigenvalue weighted by molar-refractivity contribution is 9.10. The largest absolute Gasteiger partial charge is 0.313 e. The van der Waals surface area contributed by atoms with Crippen LogP contribution in [0, 0.1) is 17.5 Å². The highest BCUT2D eigenvalue weighted by Gasteiger charge is 2.18. The van der Waals surface area contributed by atoms with Crippen LogP contribution in [0.15, 0.2) is 40.9 Å². The number of hydrogen-bond donors (Lipinski definition) is 1. The number of benzene rings is 2. The van der Waals surface area contributed by atoms with Crippen molar-refractivity contribution in [2.75, 3.05) is 7.05 Å². The standard InChI is InChI=1S/C15H13BrF3N/c1-20-13(10-5-3-6-11(16)15(10)19)8-9-4-2-7-12(17)14(9)18/h2-7,13,20H,8H2,1H3. The van der Waals surface area contributed by atoms with E-state index in [4.69, 9.17) is 0 Å². The van der Waals surface area contributed by atoms with E-state index in [0.29, 0.717) is 10.0 Å². The van der Waals surface area contributed by atoms with Gasteiger partial charge in [0.25, 0.3) is 0 Å². The Kier molecular flexibility index (Phi) is 4.83. The molecule has 0 bridgehead atoms. The Morgan fingerprint density at radius 2 is 1.75 bits per heavy atom. The predicted molar refractivity (Wildman–Crippen MR) is 76.0 cm³/mol. The first kappa shape index (κ1) is 15.1. The van der Waals surface area contributed by atoms with Gasteiger partial charge in [0.05, 0.1) is 4.47 Å². The predicted octanol–water partition coefficient (Wildman–Crippen LogP) is 4.37. The zero-order valence-corrected chi connectivity index (χ0v) is 12.3. The molecule has 0 saturated heterocycles. The third-order valence-corrected chi connectivity index (χ3v) is 3.77. The SMILES string of the molecule is CNC(Cc1cccc(F)c1F)c1cccc(Br)c1F. The fraction of sp³-hybridized carbons (Fsp3) is 0.200. The van der Waals surface area contributed by atoms with Crippen LogP contribution in [0.25, 0.3) is 0 Å². The molecule has 0 fully saturated rings. The molecule has 1 atom stereocenters. The number of halogens is 4. The minimum absolute atomic E-state index is 0.160. The topological polar surface area (TPSA) is 12.0 Å². The number of nitrogens with one attached hydrogen (secondary N) is 1. The third kappa shape index (κ3) is 3.04. The van der Waals surface area contributed by atoms with E-state index in [1.165, 1.54) is 12.1 Å². The van der Waals surface area contributed by atoms with Gasteiger partial charge in [-0.15, -0.1) is 0 Å². The van der Waals surface area contributed by atoms with Gasteiger partial charge >= 0.3 is 0 Å². The van der Waals surface area contributed by atoms with Crippen molar-refractivity contribution in [2.24, 2.45) is 0 Å². The molecule has 1 unspecified atom stereocenters. The lowest BCUT2D eigenvalue weighted by Gasteiger charge is -2.18. The van der Waals surface area contributed by atoms with Crippen LogP contribution in [0.4, 0.5) is 13.2 Å². The summed E-state index contributed by atoms with van der Waals surface area (Å²) in [6, 6.07) is 8.48. The van der Waals surface area contributed by atoms with Crippen molar-refractivity contribution in [1.82, 2.24) is 5.32 Å². The Labute approximate surface area is 123 Å². The number of rotatable bonds is 4. The minimum atomic E-state index is -0.896. The summed E-state index contributed by atoms with van der Waals surface area (Å²) in [6.45, 7) is 0. The molecule has 2 aromatic rings. The maximum absolute atomic E-state index is 14.1. The Bertz CT molecular complexity index is 616. The van der Waals surface area contributed by atoms with E-state index in [0.717, 1.165) is 6.07 Å². The van der Waals surface area contributed by atoms with Crippen molar-refractivity contribution < 1.29 is 13.2 Å². The molecule has 0 aromatic heterocycles. The van der Waals surface area contributed by atoms with Gasteiger partial charge in [0.1, 0.15) is 5.82 Å². The van der Waals surface area contributed by atoms with Crippen molar-refractivity contribution in [3.8, 4) is 0 Å². The summed E-state index contributed by atoms with van der Waals surface area (Å²) < 4.78 is 41.3. The van der Waals surface area contributed by atoms with Gasteiger partial charge in [0.2, 0.25) is 0 Å². The van der Waals surface area contributed by atoms with E-state index in [9.17, 15) is 13.2 Å². The van der Waals surface area contributed by atoms with Crippen LogP contribution in [0.3, 0.4) is 0 Å². The molecule has 0 amide bonds. The molecule has 2 rings (SSSR count). The number of hydrogen-bond acceptors (Lipinski definition) is 1. The lowest BCUT2D eigenvalue weighted by Crippen LogP contribution is -2.21. The minimum Gasteiger partial charge on any atom is -0.313 e. The zero-order chi connectivity index (χ0) is 14.7. The molecule has 106 valence electrons.